The summed E-state index contributed by atoms with van der Waals surface area (Å²) in [6.07, 6.45) is 2.03. The highest BCUT2D eigenvalue weighted by Crippen LogP contribution is 2.46. The average molecular weight is 723 g/mol. The molecule has 54 heavy (non-hydrogen) atoms. The molecule has 0 radical (unpaired) electrons. The lowest BCUT2D eigenvalue weighted by molar-refractivity contribution is 1.06. The Morgan fingerprint density at radius 1 is 0.463 bits per heavy atom. The largest absolute Gasteiger partial charge is 0.306 e. The molecule has 0 bridgehead atoms. The molecule has 0 amide bonds. The maximum absolute atomic E-state index is 10.5. The van der Waals surface area contributed by atoms with Crippen LogP contribution in [0.3, 0.4) is 0 Å². The van der Waals surface area contributed by atoms with Gasteiger partial charge in [0.1, 0.15) is 5.82 Å². The minimum absolute atomic E-state index is 0.623. The van der Waals surface area contributed by atoms with E-state index in [4.69, 9.17) is 4.98 Å². The summed E-state index contributed by atoms with van der Waals surface area (Å²) in [4.78, 5) is 5.38. The van der Waals surface area contributed by atoms with Crippen LogP contribution < -0.4 is 0 Å². The Balaban J connectivity index is 1.24. The molecule has 0 saturated heterocycles. The molecule has 6 heteroatoms. The Kier molecular flexibility index (Phi) is 6.12. The summed E-state index contributed by atoms with van der Waals surface area (Å²) in [5, 5.41) is 20.3. The molecule has 0 unspecified atom stereocenters. The number of para-hydroxylation sites is 2. The smallest absolute Gasteiger partial charge is 0.138 e. The van der Waals surface area contributed by atoms with Gasteiger partial charge >= 0.3 is 0 Å². The van der Waals surface area contributed by atoms with E-state index >= 15 is 0 Å². The fraction of sp³-hybridized carbons (Fsp3) is 0. The van der Waals surface area contributed by atoms with Crippen molar-refractivity contribution in [3.05, 3.63) is 163 Å². The second-order valence-corrected chi connectivity index (χ2v) is 15.9. The van der Waals surface area contributed by atoms with E-state index in [0.29, 0.717) is 5.56 Å². The van der Waals surface area contributed by atoms with Gasteiger partial charge in [-0.1, -0.05) is 115 Å². The third-order valence-corrected chi connectivity index (χ3v) is 13.4. The van der Waals surface area contributed by atoms with Crippen molar-refractivity contribution in [1.29, 1.82) is 5.26 Å². The van der Waals surface area contributed by atoms with Crippen LogP contribution in [-0.2, 0) is 0 Å². The standard InChI is InChI=1S/C48H26N4S2/c49-26-28-11-1-2-12-29(28)38-25-44(52-40-18-8-4-14-31(40)35-22-24-37-33-16-6-10-20-43(33)54-48(37)46(35)52)50-27-41(38)51-39-17-7-3-13-30(39)34-21-23-36-32-15-5-9-19-42(32)53-47(36)45(34)51/h1-25,27H. The minimum Gasteiger partial charge on any atom is -0.306 e. The van der Waals surface area contributed by atoms with Crippen LogP contribution in [-0.4, -0.2) is 14.1 Å². The predicted octanol–water partition coefficient (Wildman–Crippen LogP) is 13.6. The topological polar surface area (TPSA) is 46.5 Å². The molecule has 5 aromatic heterocycles. The predicted molar refractivity (Wildman–Crippen MR) is 229 cm³/mol. The van der Waals surface area contributed by atoms with Crippen molar-refractivity contribution in [2.45, 2.75) is 0 Å². The Hall–Kier alpha value is -6.78. The van der Waals surface area contributed by atoms with Crippen LogP contribution in [0.5, 0.6) is 0 Å². The third-order valence-electron chi connectivity index (χ3n) is 11.0. The van der Waals surface area contributed by atoms with Gasteiger partial charge in [0, 0.05) is 63.6 Å². The van der Waals surface area contributed by atoms with E-state index < -0.39 is 0 Å². The number of fused-ring (bicyclic) bond motifs is 14. The summed E-state index contributed by atoms with van der Waals surface area (Å²) in [7, 11) is 0. The molecule has 0 saturated carbocycles. The second-order valence-electron chi connectivity index (χ2n) is 13.8. The number of pyridine rings is 1. The Morgan fingerprint density at radius 2 is 0.963 bits per heavy atom. The fourth-order valence-corrected chi connectivity index (χ4v) is 11.2. The monoisotopic (exact) mass is 722 g/mol. The van der Waals surface area contributed by atoms with E-state index in [0.717, 1.165) is 44.7 Å². The van der Waals surface area contributed by atoms with Gasteiger partial charge in [-0.05, 0) is 36.4 Å². The highest BCUT2D eigenvalue weighted by molar-refractivity contribution is 7.27. The van der Waals surface area contributed by atoms with Crippen LogP contribution in [0.15, 0.2) is 158 Å². The van der Waals surface area contributed by atoms with Gasteiger partial charge in [0.2, 0.25) is 0 Å². The maximum atomic E-state index is 10.5. The molecule has 0 N–H and O–H groups in total. The summed E-state index contributed by atoms with van der Waals surface area (Å²) in [5.74, 6) is 0.811. The molecular weight excluding hydrogens is 697 g/mol. The Labute approximate surface area is 316 Å². The lowest BCUT2D eigenvalue weighted by Gasteiger charge is -2.17. The van der Waals surface area contributed by atoms with Crippen LogP contribution in [0.4, 0.5) is 0 Å². The molecule has 250 valence electrons. The zero-order valence-corrected chi connectivity index (χ0v) is 30.2. The van der Waals surface area contributed by atoms with Gasteiger partial charge in [0.15, 0.2) is 0 Å². The molecule has 12 aromatic rings. The zero-order chi connectivity index (χ0) is 35.5. The first-order chi connectivity index (χ1) is 26.8. The number of benzene rings is 7. The zero-order valence-electron chi connectivity index (χ0n) is 28.6. The normalized spacial score (nSPS) is 12.1. The molecule has 0 aliphatic heterocycles. The van der Waals surface area contributed by atoms with Crippen molar-refractivity contribution in [3.63, 3.8) is 0 Å². The molecule has 12 rings (SSSR count). The lowest BCUT2D eigenvalue weighted by Crippen LogP contribution is -2.04. The van der Waals surface area contributed by atoms with E-state index in [9.17, 15) is 5.26 Å². The van der Waals surface area contributed by atoms with E-state index in [1.807, 2.05) is 47.1 Å². The maximum Gasteiger partial charge on any atom is 0.138 e. The molecule has 0 aliphatic carbocycles. The number of rotatable bonds is 3. The van der Waals surface area contributed by atoms with Gasteiger partial charge < -0.3 is 4.57 Å². The van der Waals surface area contributed by atoms with E-state index in [1.165, 1.54) is 61.9 Å². The molecule has 4 nitrogen and oxygen atoms in total. The van der Waals surface area contributed by atoms with Crippen molar-refractivity contribution >= 4 is 107 Å². The second kappa shape index (κ2) is 11.1. The highest BCUT2D eigenvalue weighted by Gasteiger charge is 2.24. The molecule has 7 aromatic carbocycles. The van der Waals surface area contributed by atoms with Crippen LogP contribution >= 0.6 is 22.7 Å². The highest BCUT2D eigenvalue weighted by atomic mass is 32.1. The number of hydrogen-bond donors (Lipinski definition) is 0. The SMILES string of the molecule is N#Cc1ccccc1-c1cc(-n2c3ccccc3c3ccc4c5ccccc5sc4c32)ncc1-n1c2ccccc2c2ccc3c4ccccc4sc3c21. The quantitative estimate of drug-likeness (QED) is 0.182. The van der Waals surface area contributed by atoms with Gasteiger partial charge in [0.05, 0.1) is 55.0 Å². The van der Waals surface area contributed by atoms with Gasteiger partial charge in [-0.25, -0.2) is 4.98 Å². The van der Waals surface area contributed by atoms with Crippen molar-refractivity contribution in [2.75, 3.05) is 0 Å². The fourth-order valence-electron chi connectivity index (χ4n) is 8.72. The number of aromatic nitrogens is 3. The molecular formula is C48H26N4S2. The van der Waals surface area contributed by atoms with Crippen LogP contribution in [0.25, 0.3) is 107 Å². The Morgan fingerprint density at radius 3 is 1.59 bits per heavy atom. The minimum atomic E-state index is 0.623. The van der Waals surface area contributed by atoms with Crippen molar-refractivity contribution < 1.29 is 0 Å². The van der Waals surface area contributed by atoms with Gasteiger partial charge in [0.25, 0.3) is 0 Å². The molecule has 0 spiro atoms. The van der Waals surface area contributed by atoms with E-state index in [-0.39, 0.29) is 0 Å². The average Bonchev–Trinajstić information content (AvgIpc) is 3.98. The van der Waals surface area contributed by atoms with Crippen molar-refractivity contribution in [2.24, 2.45) is 0 Å². The molecule has 0 atom stereocenters. The first kappa shape index (κ1) is 29.8. The van der Waals surface area contributed by atoms with Crippen LogP contribution in [0.1, 0.15) is 5.56 Å². The summed E-state index contributed by atoms with van der Waals surface area (Å²) in [6.45, 7) is 0. The molecule has 0 aliphatic rings. The third kappa shape index (κ3) is 3.97. The number of thiophene rings is 2. The van der Waals surface area contributed by atoms with Crippen molar-refractivity contribution in [3.8, 4) is 28.7 Å². The summed E-state index contributed by atoms with van der Waals surface area (Å²) in [6, 6.07) is 56.3. The van der Waals surface area contributed by atoms with Crippen LogP contribution in [0.2, 0.25) is 0 Å². The van der Waals surface area contributed by atoms with Crippen LogP contribution in [0, 0.1) is 11.3 Å². The van der Waals surface area contributed by atoms with Gasteiger partial charge in [-0.3, -0.25) is 4.57 Å². The lowest BCUT2D eigenvalue weighted by atomic mass is 9.99. The van der Waals surface area contributed by atoms with Crippen molar-refractivity contribution in [1.82, 2.24) is 14.1 Å². The van der Waals surface area contributed by atoms with E-state index in [2.05, 4.69) is 149 Å². The Bertz CT molecular complexity index is 3590. The summed E-state index contributed by atoms with van der Waals surface area (Å²) < 4.78 is 9.73. The van der Waals surface area contributed by atoms with Gasteiger partial charge in [-0.2, -0.15) is 5.26 Å². The first-order valence-corrected chi connectivity index (χ1v) is 19.6. The number of hydrogen-bond acceptors (Lipinski definition) is 4. The van der Waals surface area contributed by atoms with E-state index in [1.54, 1.807) is 0 Å². The number of nitrogens with zero attached hydrogens (tertiary/aromatic N) is 4. The summed E-state index contributed by atoms with van der Waals surface area (Å²) >= 11 is 3.67. The summed E-state index contributed by atoms with van der Waals surface area (Å²) in [5.41, 5.74) is 7.89. The molecule has 5 heterocycles. The first-order valence-electron chi connectivity index (χ1n) is 17.9. The molecule has 0 fully saturated rings. The van der Waals surface area contributed by atoms with Gasteiger partial charge in [-0.15, -0.1) is 22.7 Å². The number of nitriles is 1.